The molecule has 2 aromatic carbocycles. The molecule has 23 heavy (non-hydrogen) atoms. The first kappa shape index (κ1) is 15.8. The molecule has 7 heteroatoms. The number of nitrogens with zero attached hydrogens (tertiary/aromatic N) is 1. The number of carbonyl (C=O) groups excluding carboxylic acids is 1. The fraction of sp³-hybridized carbons (Fsp3) is 0. The lowest BCUT2D eigenvalue weighted by atomic mass is 10.0. The van der Waals surface area contributed by atoms with Crippen LogP contribution in [0.4, 0.5) is 0 Å². The van der Waals surface area contributed by atoms with Gasteiger partial charge in [0.05, 0.1) is 10.7 Å². The van der Waals surface area contributed by atoms with Gasteiger partial charge in [-0.1, -0.05) is 30.3 Å². The van der Waals surface area contributed by atoms with Crippen LogP contribution < -0.4 is 5.43 Å². The summed E-state index contributed by atoms with van der Waals surface area (Å²) >= 11 is 6.39. The lowest BCUT2D eigenvalue weighted by molar-refractivity contribution is 0.0926. The van der Waals surface area contributed by atoms with E-state index in [9.17, 15) is 9.90 Å². The van der Waals surface area contributed by atoms with Crippen molar-refractivity contribution >= 4 is 54.8 Å². The number of halogens is 2. The molecule has 2 N–H and O–H groups in total. The Morgan fingerprint density at radius 2 is 2.00 bits per heavy atom. The average molecular weight is 438 g/mol. The van der Waals surface area contributed by atoms with Gasteiger partial charge in [0, 0.05) is 11.6 Å². The maximum atomic E-state index is 11.9. The Balaban J connectivity index is 1.83. The van der Waals surface area contributed by atoms with Crippen molar-refractivity contribution < 1.29 is 14.3 Å². The highest BCUT2D eigenvalue weighted by atomic mass is 79.9. The van der Waals surface area contributed by atoms with Crippen molar-refractivity contribution in [3.05, 3.63) is 62.9 Å². The summed E-state index contributed by atoms with van der Waals surface area (Å²) in [5, 5.41) is 15.7. The third-order valence-electron chi connectivity index (χ3n) is 3.18. The quantitative estimate of drug-likeness (QED) is 0.470. The number of rotatable bonds is 3. The van der Waals surface area contributed by atoms with Crippen molar-refractivity contribution in [3.8, 4) is 5.75 Å². The van der Waals surface area contributed by atoms with Gasteiger partial charge in [-0.15, -0.1) is 0 Å². The summed E-state index contributed by atoms with van der Waals surface area (Å²) in [4.78, 5) is 11.9. The van der Waals surface area contributed by atoms with E-state index >= 15 is 0 Å². The van der Waals surface area contributed by atoms with Crippen molar-refractivity contribution in [1.82, 2.24) is 5.43 Å². The van der Waals surface area contributed by atoms with Crippen LogP contribution in [-0.4, -0.2) is 17.2 Å². The summed E-state index contributed by atoms with van der Waals surface area (Å²) in [6, 6.07) is 12.5. The third kappa shape index (κ3) is 3.30. The Morgan fingerprint density at radius 1 is 1.22 bits per heavy atom. The van der Waals surface area contributed by atoms with Crippen molar-refractivity contribution in [3.63, 3.8) is 0 Å². The van der Waals surface area contributed by atoms with Crippen LogP contribution in [0.25, 0.3) is 10.8 Å². The summed E-state index contributed by atoms with van der Waals surface area (Å²) in [6.45, 7) is 0. The number of nitrogens with one attached hydrogen (secondary N) is 1. The molecule has 0 bridgehead atoms. The first-order valence-corrected chi connectivity index (χ1v) is 8.14. The second kappa shape index (κ2) is 6.55. The van der Waals surface area contributed by atoms with Crippen LogP contribution in [0.15, 0.2) is 61.1 Å². The monoisotopic (exact) mass is 436 g/mol. The van der Waals surface area contributed by atoms with Gasteiger partial charge in [0.15, 0.2) is 10.4 Å². The summed E-state index contributed by atoms with van der Waals surface area (Å²) in [6.07, 6.45) is 1.41. The van der Waals surface area contributed by atoms with E-state index in [1.807, 2.05) is 30.3 Å². The second-order valence-corrected chi connectivity index (χ2v) is 6.23. The van der Waals surface area contributed by atoms with Gasteiger partial charge in [-0.2, -0.15) is 5.10 Å². The minimum absolute atomic E-state index is 0.0881. The number of hydrazone groups is 1. The summed E-state index contributed by atoms with van der Waals surface area (Å²) in [5.41, 5.74) is 2.90. The number of phenols is 1. The van der Waals surface area contributed by atoms with E-state index in [-0.39, 0.29) is 11.5 Å². The number of fused-ring (bicyclic) bond motifs is 1. The normalized spacial score (nSPS) is 11.2. The van der Waals surface area contributed by atoms with E-state index in [1.54, 1.807) is 6.07 Å². The molecule has 116 valence electrons. The van der Waals surface area contributed by atoms with Gasteiger partial charge in [0.2, 0.25) is 0 Å². The fourth-order valence-electron chi connectivity index (χ4n) is 2.09. The van der Waals surface area contributed by atoms with Crippen molar-refractivity contribution in [2.24, 2.45) is 5.10 Å². The largest absolute Gasteiger partial charge is 0.507 e. The molecule has 0 saturated heterocycles. The molecule has 3 aromatic rings. The van der Waals surface area contributed by atoms with Crippen molar-refractivity contribution in [2.45, 2.75) is 0 Å². The second-order valence-electron chi connectivity index (χ2n) is 4.65. The lowest BCUT2D eigenvalue weighted by Crippen LogP contribution is -2.16. The molecule has 0 aliphatic carbocycles. The first-order chi connectivity index (χ1) is 11.1. The highest BCUT2D eigenvalue weighted by molar-refractivity contribution is 9.13. The molecule has 0 atom stereocenters. The number of aromatic hydroxyl groups is 1. The molecule has 5 nitrogen and oxygen atoms in total. The van der Waals surface area contributed by atoms with E-state index in [0.29, 0.717) is 14.7 Å². The standard InChI is InChI=1S/C16H10Br2N2O3/c17-12-7-14(23-15(12)18)16(22)20-19-8-11-10-4-2-1-3-9(10)5-6-13(11)21/h1-8,21H,(H,20,22)/b19-8+. The number of phenolic OH excluding ortho intramolecular Hbond substituents is 1. The van der Waals surface area contributed by atoms with Crippen LogP contribution in [0.1, 0.15) is 16.1 Å². The van der Waals surface area contributed by atoms with E-state index in [0.717, 1.165) is 10.8 Å². The molecule has 0 saturated carbocycles. The minimum atomic E-state index is -0.493. The number of hydrogen-bond donors (Lipinski definition) is 2. The van der Waals surface area contributed by atoms with E-state index in [1.165, 1.54) is 12.3 Å². The number of hydrogen-bond acceptors (Lipinski definition) is 4. The van der Waals surface area contributed by atoms with Gasteiger partial charge in [0.1, 0.15) is 5.75 Å². The van der Waals surface area contributed by atoms with Crippen LogP contribution in [0.3, 0.4) is 0 Å². The smallest absolute Gasteiger partial charge is 0.307 e. The van der Waals surface area contributed by atoms with Gasteiger partial charge in [-0.25, -0.2) is 5.43 Å². The van der Waals surface area contributed by atoms with Gasteiger partial charge in [-0.3, -0.25) is 4.79 Å². The molecular formula is C16H10Br2N2O3. The Labute approximate surface area is 148 Å². The fourth-order valence-corrected chi connectivity index (χ4v) is 2.67. The molecule has 0 radical (unpaired) electrons. The van der Waals surface area contributed by atoms with Crippen LogP contribution in [-0.2, 0) is 0 Å². The Morgan fingerprint density at radius 3 is 2.74 bits per heavy atom. The molecule has 0 unspecified atom stereocenters. The Bertz CT molecular complexity index is 899. The maximum absolute atomic E-state index is 11.9. The molecular weight excluding hydrogens is 428 g/mol. The SMILES string of the molecule is O=C(N/N=C/c1c(O)ccc2ccccc12)c1cc(Br)c(Br)o1. The number of amides is 1. The average Bonchev–Trinajstić information content (AvgIpc) is 2.89. The molecule has 1 aromatic heterocycles. The Kier molecular flexibility index (Phi) is 4.49. The Hall–Kier alpha value is -2.12. The van der Waals surface area contributed by atoms with Gasteiger partial charge in [-0.05, 0) is 48.7 Å². The minimum Gasteiger partial charge on any atom is -0.507 e. The highest BCUT2D eigenvalue weighted by Crippen LogP contribution is 2.27. The van der Waals surface area contributed by atoms with Crippen LogP contribution in [0, 0.1) is 0 Å². The lowest BCUT2D eigenvalue weighted by Gasteiger charge is -2.04. The van der Waals surface area contributed by atoms with Gasteiger partial charge < -0.3 is 9.52 Å². The maximum Gasteiger partial charge on any atom is 0.307 e. The predicted octanol–water partition coefficient (Wildman–Crippen LogP) is 4.43. The van der Waals surface area contributed by atoms with Crippen LogP contribution >= 0.6 is 31.9 Å². The molecule has 3 rings (SSSR count). The van der Waals surface area contributed by atoms with E-state index < -0.39 is 5.91 Å². The third-order valence-corrected chi connectivity index (χ3v) is 4.89. The number of furan rings is 1. The zero-order chi connectivity index (χ0) is 16.4. The zero-order valence-electron chi connectivity index (χ0n) is 11.6. The van der Waals surface area contributed by atoms with Crippen LogP contribution in [0.5, 0.6) is 5.75 Å². The number of carbonyl (C=O) groups is 1. The molecule has 0 aliphatic heterocycles. The zero-order valence-corrected chi connectivity index (χ0v) is 14.8. The van der Waals surface area contributed by atoms with Crippen molar-refractivity contribution in [2.75, 3.05) is 0 Å². The topological polar surface area (TPSA) is 74.8 Å². The van der Waals surface area contributed by atoms with E-state index in [2.05, 4.69) is 42.4 Å². The van der Waals surface area contributed by atoms with E-state index in [4.69, 9.17) is 4.42 Å². The van der Waals surface area contributed by atoms with Crippen molar-refractivity contribution in [1.29, 1.82) is 0 Å². The van der Waals surface area contributed by atoms with Gasteiger partial charge >= 0.3 is 5.91 Å². The molecule has 0 aliphatic rings. The summed E-state index contributed by atoms with van der Waals surface area (Å²) in [5.74, 6) is -0.291. The first-order valence-electron chi connectivity index (χ1n) is 6.55. The molecule has 1 amide bonds. The van der Waals surface area contributed by atoms with Gasteiger partial charge in [0.25, 0.3) is 0 Å². The molecule has 1 heterocycles. The summed E-state index contributed by atoms with van der Waals surface area (Å²) in [7, 11) is 0. The predicted molar refractivity (Wildman–Crippen MR) is 94.8 cm³/mol. The molecule has 0 fully saturated rings. The summed E-state index contributed by atoms with van der Waals surface area (Å²) < 4.78 is 6.27. The number of benzene rings is 2. The van der Waals surface area contributed by atoms with Crippen LogP contribution in [0.2, 0.25) is 0 Å². The molecule has 0 spiro atoms. The highest BCUT2D eigenvalue weighted by Gasteiger charge is 2.13.